The Morgan fingerprint density at radius 2 is 1.71 bits per heavy atom. The molecule has 0 amide bonds. The van der Waals surface area contributed by atoms with Gasteiger partial charge in [0.05, 0.1) is 27.6 Å². The molecule has 28 heavy (non-hydrogen) atoms. The number of aromatic nitrogens is 2. The Balaban J connectivity index is 2.66. The van der Waals surface area contributed by atoms with Gasteiger partial charge >= 0.3 is 5.97 Å². The summed E-state index contributed by atoms with van der Waals surface area (Å²) < 4.78 is 21.4. The zero-order valence-electron chi connectivity index (χ0n) is 17.3. The molecule has 0 saturated heterocycles. The molecule has 0 saturated carbocycles. The Morgan fingerprint density at radius 1 is 1.04 bits per heavy atom. The molecule has 0 aliphatic heterocycles. The Labute approximate surface area is 165 Å². The molecule has 0 spiro atoms. The third-order valence-corrected chi connectivity index (χ3v) is 4.01. The zero-order valence-corrected chi connectivity index (χ0v) is 17.3. The SMILES string of the molecule is CO/C=C(\C(=O)OC)c1c(OC)nc(C)nc1Oc1cc(C)cc(C(C)C)c1. The first-order valence-electron chi connectivity index (χ1n) is 8.84. The standard InChI is InChI=1S/C21H26N2O5/c1-12(2)15-8-13(3)9-16(10-15)28-20-18(17(11-25-5)21(24)27-7)19(26-6)22-14(4)23-20/h8-12H,1-7H3/b17-11-. The smallest absolute Gasteiger partial charge is 0.342 e. The van der Waals surface area contributed by atoms with Crippen LogP contribution in [0.25, 0.3) is 5.57 Å². The number of ether oxygens (including phenoxy) is 4. The average Bonchev–Trinajstić information content (AvgIpc) is 2.65. The van der Waals surface area contributed by atoms with Crippen molar-refractivity contribution in [2.45, 2.75) is 33.6 Å². The van der Waals surface area contributed by atoms with Gasteiger partial charge in [0.25, 0.3) is 0 Å². The highest BCUT2D eigenvalue weighted by molar-refractivity contribution is 6.17. The maximum atomic E-state index is 12.3. The first kappa shape index (κ1) is 21.2. The van der Waals surface area contributed by atoms with Crippen molar-refractivity contribution in [3.8, 4) is 17.5 Å². The highest BCUT2D eigenvalue weighted by Gasteiger charge is 2.26. The molecule has 150 valence electrons. The number of carbonyl (C=O) groups is 1. The molecule has 7 nitrogen and oxygen atoms in total. The molecular formula is C21H26N2O5. The van der Waals surface area contributed by atoms with Gasteiger partial charge in [-0.15, -0.1) is 0 Å². The maximum Gasteiger partial charge on any atom is 0.342 e. The molecule has 0 bridgehead atoms. The van der Waals surface area contributed by atoms with E-state index in [4.69, 9.17) is 18.9 Å². The summed E-state index contributed by atoms with van der Waals surface area (Å²) in [6.07, 6.45) is 1.25. The number of carbonyl (C=O) groups excluding carboxylic acids is 1. The maximum absolute atomic E-state index is 12.3. The molecule has 0 aliphatic rings. The summed E-state index contributed by atoms with van der Waals surface area (Å²) in [5.41, 5.74) is 2.54. The number of hydrogen-bond acceptors (Lipinski definition) is 7. The lowest BCUT2D eigenvalue weighted by molar-refractivity contribution is -0.133. The van der Waals surface area contributed by atoms with Gasteiger partial charge in [-0.25, -0.2) is 4.79 Å². The van der Waals surface area contributed by atoms with Gasteiger partial charge in [0.15, 0.2) is 0 Å². The lowest BCUT2D eigenvalue weighted by atomic mass is 10.0. The van der Waals surface area contributed by atoms with Crippen molar-refractivity contribution in [2.24, 2.45) is 0 Å². The first-order chi connectivity index (χ1) is 13.3. The largest absolute Gasteiger partial charge is 0.503 e. The molecule has 0 atom stereocenters. The number of hydrogen-bond donors (Lipinski definition) is 0. The molecule has 0 fully saturated rings. The van der Waals surface area contributed by atoms with Gasteiger partial charge in [0, 0.05) is 0 Å². The van der Waals surface area contributed by atoms with Gasteiger partial charge in [-0.05, 0) is 43.0 Å². The van der Waals surface area contributed by atoms with Gasteiger partial charge in [-0.1, -0.05) is 19.9 Å². The number of aryl methyl sites for hydroxylation is 2. The second kappa shape index (κ2) is 9.21. The average molecular weight is 386 g/mol. The Morgan fingerprint density at radius 3 is 2.29 bits per heavy atom. The molecule has 2 aromatic rings. The third kappa shape index (κ3) is 4.79. The van der Waals surface area contributed by atoms with E-state index in [9.17, 15) is 4.79 Å². The Kier molecular flexibility index (Phi) is 6.98. The van der Waals surface area contributed by atoms with Crippen LogP contribution in [0.2, 0.25) is 0 Å². The van der Waals surface area contributed by atoms with E-state index >= 15 is 0 Å². The molecule has 0 unspecified atom stereocenters. The highest BCUT2D eigenvalue weighted by atomic mass is 16.5. The summed E-state index contributed by atoms with van der Waals surface area (Å²) in [5, 5.41) is 0. The van der Waals surface area contributed by atoms with E-state index in [2.05, 4.69) is 29.9 Å². The van der Waals surface area contributed by atoms with Gasteiger partial charge in [-0.2, -0.15) is 9.97 Å². The molecule has 0 aliphatic carbocycles. The summed E-state index contributed by atoms with van der Waals surface area (Å²) in [6.45, 7) is 7.93. The molecule has 0 radical (unpaired) electrons. The zero-order chi connectivity index (χ0) is 20.8. The van der Waals surface area contributed by atoms with Crippen molar-refractivity contribution in [3.63, 3.8) is 0 Å². The summed E-state index contributed by atoms with van der Waals surface area (Å²) in [5.74, 6) is 1.12. The molecule has 2 rings (SSSR count). The fourth-order valence-electron chi connectivity index (χ4n) is 2.69. The van der Waals surface area contributed by atoms with Crippen molar-refractivity contribution < 1.29 is 23.7 Å². The van der Waals surface area contributed by atoms with Crippen LogP contribution < -0.4 is 9.47 Å². The topological polar surface area (TPSA) is 79.8 Å². The predicted octanol–water partition coefficient (Wildman–Crippen LogP) is 4.18. The van der Waals surface area contributed by atoms with Crippen LogP contribution in [-0.2, 0) is 14.3 Å². The van der Waals surface area contributed by atoms with Crippen molar-refractivity contribution >= 4 is 11.5 Å². The van der Waals surface area contributed by atoms with Crippen LogP contribution in [0, 0.1) is 13.8 Å². The minimum atomic E-state index is -0.621. The van der Waals surface area contributed by atoms with E-state index in [1.54, 1.807) is 6.92 Å². The van der Waals surface area contributed by atoms with Crippen LogP contribution in [0.1, 0.15) is 42.3 Å². The summed E-state index contributed by atoms with van der Waals surface area (Å²) in [6, 6.07) is 5.95. The van der Waals surface area contributed by atoms with Crippen LogP contribution >= 0.6 is 0 Å². The molecule has 0 N–H and O–H groups in total. The first-order valence-corrected chi connectivity index (χ1v) is 8.84. The minimum Gasteiger partial charge on any atom is -0.503 e. The normalized spacial score (nSPS) is 11.4. The van der Waals surface area contributed by atoms with E-state index < -0.39 is 5.97 Å². The quantitative estimate of drug-likeness (QED) is 0.401. The second-order valence-electron chi connectivity index (χ2n) is 6.56. The highest BCUT2D eigenvalue weighted by Crippen LogP contribution is 2.36. The van der Waals surface area contributed by atoms with Crippen molar-refractivity contribution in [1.82, 2.24) is 9.97 Å². The monoisotopic (exact) mass is 386 g/mol. The Bertz CT molecular complexity index is 891. The van der Waals surface area contributed by atoms with Crippen LogP contribution in [0.4, 0.5) is 0 Å². The Hall–Kier alpha value is -3.09. The van der Waals surface area contributed by atoms with E-state index in [-0.39, 0.29) is 22.9 Å². The predicted molar refractivity (Wildman–Crippen MR) is 106 cm³/mol. The number of benzene rings is 1. The fourth-order valence-corrected chi connectivity index (χ4v) is 2.69. The molecule has 1 heterocycles. The number of nitrogens with zero attached hydrogens (tertiary/aromatic N) is 2. The third-order valence-electron chi connectivity index (χ3n) is 4.01. The van der Waals surface area contributed by atoms with Crippen LogP contribution in [0.15, 0.2) is 24.5 Å². The van der Waals surface area contributed by atoms with E-state index in [0.717, 1.165) is 11.1 Å². The summed E-state index contributed by atoms with van der Waals surface area (Å²) >= 11 is 0. The van der Waals surface area contributed by atoms with Gasteiger partial charge in [0.2, 0.25) is 11.8 Å². The number of rotatable bonds is 7. The van der Waals surface area contributed by atoms with Crippen LogP contribution in [0.3, 0.4) is 0 Å². The molecular weight excluding hydrogens is 360 g/mol. The van der Waals surface area contributed by atoms with Crippen molar-refractivity contribution in [1.29, 1.82) is 0 Å². The van der Waals surface area contributed by atoms with E-state index in [0.29, 0.717) is 17.5 Å². The molecule has 1 aromatic heterocycles. The summed E-state index contributed by atoms with van der Waals surface area (Å²) in [7, 11) is 4.17. The summed E-state index contributed by atoms with van der Waals surface area (Å²) in [4.78, 5) is 21.0. The lowest BCUT2D eigenvalue weighted by Gasteiger charge is -2.16. The van der Waals surface area contributed by atoms with Crippen molar-refractivity contribution in [3.05, 3.63) is 47.0 Å². The molecule has 1 aromatic carbocycles. The fraction of sp³-hybridized carbons (Fsp3) is 0.381. The van der Waals surface area contributed by atoms with Gasteiger partial charge in [-0.3, -0.25) is 0 Å². The van der Waals surface area contributed by atoms with E-state index in [1.165, 1.54) is 27.6 Å². The van der Waals surface area contributed by atoms with Crippen LogP contribution in [0.5, 0.6) is 17.5 Å². The van der Waals surface area contributed by atoms with Gasteiger partial charge in [0.1, 0.15) is 22.7 Å². The van der Waals surface area contributed by atoms with Crippen molar-refractivity contribution in [2.75, 3.05) is 21.3 Å². The number of esters is 1. The molecule has 7 heteroatoms. The lowest BCUT2D eigenvalue weighted by Crippen LogP contribution is -2.10. The van der Waals surface area contributed by atoms with E-state index in [1.807, 2.05) is 19.1 Å². The number of methoxy groups -OCH3 is 3. The van der Waals surface area contributed by atoms with Crippen LogP contribution in [-0.4, -0.2) is 37.3 Å². The van der Waals surface area contributed by atoms with Gasteiger partial charge < -0.3 is 18.9 Å². The minimum absolute atomic E-state index is 0.0913. The second-order valence-corrected chi connectivity index (χ2v) is 6.56.